The molecular formula is C23H28N6O2S2. The lowest BCUT2D eigenvalue weighted by Gasteiger charge is -2.23. The largest absolute Gasteiger partial charge is 0.443 e. The second-order valence-corrected chi connectivity index (χ2v) is 10.5. The molecule has 1 aliphatic carbocycles. The van der Waals surface area contributed by atoms with Crippen LogP contribution in [0.3, 0.4) is 0 Å². The average molecular weight is 485 g/mol. The van der Waals surface area contributed by atoms with Crippen LogP contribution < -0.4 is 15.5 Å². The van der Waals surface area contributed by atoms with Gasteiger partial charge in [-0.25, -0.2) is 14.8 Å². The van der Waals surface area contributed by atoms with Crippen LogP contribution in [0.1, 0.15) is 46.5 Å². The minimum atomic E-state index is -0.554. The number of fused-ring (bicyclic) bond motifs is 1. The normalized spacial score (nSPS) is 14.3. The van der Waals surface area contributed by atoms with Crippen LogP contribution in [0.4, 0.5) is 15.6 Å². The van der Waals surface area contributed by atoms with Crippen molar-refractivity contribution in [2.75, 3.05) is 17.3 Å². The highest BCUT2D eigenvalue weighted by atomic mass is 32.1. The summed E-state index contributed by atoms with van der Waals surface area (Å²) in [6.07, 6.45) is 6.09. The fourth-order valence-corrected chi connectivity index (χ4v) is 4.74. The van der Waals surface area contributed by atoms with Crippen molar-refractivity contribution in [1.29, 1.82) is 0 Å². The number of carbonyl (C=O) groups excluding carboxylic acids is 1. The van der Waals surface area contributed by atoms with Crippen LogP contribution in [0.5, 0.6) is 0 Å². The Labute approximate surface area is 202 Å². The molecule has 1 aliphatic rings. The van der Waals surface area contributed by atoms with E-state index in [4.69, 9.17) is 21.9 Å². The Morgan fingerprint density at radius 1 is 1.18 bits per heavy atom. The number of aromatic nitrogens is 3. The van der Waals surface area contributed by atoms with E-state index in [-0.39, 0.29) is 0 Å². The van der Waals surface area contributed by atoms with Gasteiger partial charge in [0, 0.05) is 13.1 Å². The number of hydrogen-bond acceptors (Lipinski definition) is 7. The SMILES string of the molecule is CN(C(=O)OC(C)(C)C)c1ccc(-c2cnc3ccc(NC(=S)NC4CCCC4)nc3n2)s1. The minimum absolute atomic E-state index is 0.403. The second kappa shape index (κ2) is 9.56. The number of pyridine rings is 1. The van der Waals surface area contributed by atoms with Crippen LogP contribution >= 0.6 is 23.6 Å². The van der Waals surface area contributed by atoms with E-state index in [1.54, 1.807) is 13.2 Å². The molecule has 174 valence electrons. The lowest BCUT2D eigenvalue weighted by molar-refractivity contribution is 0.0590. The quantitative estimate of drug-likeness (QED) is 0.479. The van der Waals surface area contributed by atoms with Crippen molar-refractivity contribution >= 4 is 56.7 Å². The Morgan fingerprint density at radius 2 is 1.94 bits per heavy atom. The summed E-state index contributed by atoms with van der Waals surface area (Å²) in [5.41, 5.74) is 1.35. The van der Waals surface area contributed by atoms with Gasteiger partial charge in [0.1, 0.15) is 27.6 Å². The number of rotatable bonds is 4. The van der Waals surface area contributed by atoms with Crippen LogP contribution in [0, 0.1) is 0 Å². The Balaban J connectivity index is 1.49. The molecule has 3 heterocycles. The number of anilines is 2. The molecule has 33 heavy (non-hydrogen) atoms. The number of ether oxygens (including phenoxy) is 1. The first kappa shape index (κ1) is 23.3. The molecular weight excluding hydrogens is 456 g/mol. The summed E-state index contributed by atoms with van der Waals surface area (Å²) < 4.78 is 5.45. The summed E-state index contributed by atoms with van der Waals surface area (Å²) in [6.45, 7) is 5.53. The zero-order valence-corrected chi connectivity index (χ0v) is 20.8. The van der Waals surface area contributed by atoms with E-state index >= 15 is 0 Å². The summed E-state index contributed by atoms with van der Waals surface area (Å²) in [7, 11) is 1.69. The van der Waals surface area contributed by atoms with Crippen molar-refractivity contribution in [3.63, 3.8) is 0 Å². The maximum absolute atomic E-state index is 12.4. The van der Waals surface area contributed by atoms with Gasteiger partial charge in [-0.05, 0) is 70.1 Å². The Kier molecular flexibility index (Phi) is 6.76. The molecule has 1 fully saturated rings. The fraction of sp³-hybridized carbons (Fsp3) is 0.435. The van der Waals surface area contributed by atoms with Gasteiger partial charge in [-0.3, -0.25) is 9.88 Å². The van der Waals surface area contributed by atoms with Crippen LogP contribution in [0.15, 0.2) is 30.5 Å². The van der Waals surface area contributed by atoms with Gasteiger partial charge in [0.15, 0.2) is 10.8 Å². The molecule has 0 unspecified atom stereocenters. The monoisotopic (exact) mass is 484 g/mol. The lowest BCUT2D eigenvalue weighted by Crippen LogP contribution is -2.36. The molecule has 3 aromatic heterocycles. The molecule has 0 aliphatic heterocycles. The third kappa shape index (κ3) is 5.94. The van der Waals surface area contributed by atoms with Crippen molar-refractivity contribution in [1.82, 2.24) is 20.3 Å². The molecule has 0 bridgehead atoms. The molecule has 3 aromatic rings. The predicted octanol–water partition coefficient (Wildman–Crippen LogP) is 5.35. The predicted molar refractivity (Wildman–Crippen MR) is 137 cm³/mol. The summed E-state index contributed by atoms with van der Waals surface area (Å²) in [6, 6.07) is 7.94. The summed E-state index contributed by atoms with van der Waals surface area (Å²) in [5.74, 6) is 0.626. The Morgan fingerprint density at radius 3 is 2.67 bits per heavy atom. The molecule has 0 aromatic carbocycles. The molecule has 1 saturated carbocycles. The lowest BCUT2D eigenvalue weighted by atomic mass is 10.2. The van der Waals surface area contributed by atoms with Gasteiger partial charge < -0.3 is 15.4 Å². The topological polar surface area (TPSA) is 92.3 Å². The number of hydrogen-bond donors (Lipinski definition) is 2. The van der Waals surface area contributed by atoms with E-state index < -0.39 is 11.7 Å². The molecule has 0 spiro atoms. The first-order chi connectivity index (χ1) is 15.7. The molecule has 0 atom stereocenters. The zero-order valence-electron chi connectivity index (χ0n) is 19.2. The van der Waals surface area contributed by atoms with Crippen molar-refractivity contribution in [3.05, 3.63) is 30.5 Å². The van der Waals surface area contributed by atoms with Gasteiger partial charge in [0.05, 0.1) is 11.1 Å². The zero-order chi connectivity index (χ0) is 23.6. The first-order valence-electron chi connectivity index (χ1n) is 11.0. The number of nitrogens with zero attached hydrogens (tertiary/aromatic N) is 4. The maximum atomic E-state index is 12.4. The van der Waals surface area contributed by atoms with Crippen LogP contribution in [0.25, 0.3) is 21.7 Å². The van der Waals surface area contributed by atoms with E-state index in [0.29, 0.717) is 33.8 Å². The third-order valence-corrected chi connectivity index (χ3v) is 6.59. The standard InChI is InChI=1S/C23H28N6O2S2/c1-23(2,3)31-22(30)29(4)19-12-10-17(33-19)16-13-24-15-9-11-18(27-20(15)26-16)28-21(32)25-14-7-5-6-8-14/h9-14H,5-8H2,1-4H3,(H2,25,26,27,28,32). The highest BCUT2D eigenvalue weighted by Crippen LogP contribution is 2.33. The molecule has 1 amide bonds. The number of thiophene rings is 1. The Bertz CT molecular complexity index is 1170. The molecule has 4 rings (SSSR count). The highest BCUT2D eigenvalue weighted by molar-refractivity contribution is 7.80. The van der Waals surface area contributed by atoms with Gasteiger partial charge in [-0.2, -0.15) is 0 Å². The van der Waals surface area contributed by atoms with E-state index in [9.17, 15) is 4.79 Å². The molecule has 2 N–H and O–H groups in total. The van der Waals surface area contributed by atoms with Gasteiger partial charge >= 0.3 is 6.09 Å². The number of thiocarbonyl (C=S) groups is 1. The van der Waals surface area contributed by atoms with E-state index in [0.717, 1.165) is 22.7 Å². The average Bonchev–Trinajstić information content (AvgIpc) is 3.43. The van der Waals surface area contributed by atoms with Crippen molar-refractivity contribution in [2.24, 2.45) is 0 Å². The van der Waals surface area contributed by atoms with Gasteiger partial charge in [0.2, 0.25) is 0 Å². The van der Waals surface area contributed by atoms with E-state index in [2.05, 4.69) is 20.6 Å². The van der Waals surface area contributed by atoms with Crippen molar-refractivity contribution in [2.45, 2.75) is 58.1 Å². The fourth-order valence-electron chi connectivity index (χ4n) is 3.56. The maximum Gasteiger partial charge on any atom is 0.415 e. The molecule has 10 heteroatoms. The second-order valence-electron chi connectivity index (χ2n) is 9.05. The first-order valence-corrected chi connectivity index (χ1v) is 12.2. The van der Waals surface area contributed by atoms with Crippen LogP contribution in [-0.2, 0) is 4.74 Å². The minimum Gasteiger partial charge on any atom is -0.443 e. The smallest absolute Gasteiger partial charge is 0.415 e. The van der Waals surface area contributed by atoms with E-state index in [1.165, 1.54) is 29.1 Å². The summed E-state index contributed by atoms with van der Waals surface area (Å²) >= 11 is 6.88. The van der Waals surface area contributed by atoms with Crippen molar-refractivity contribution in [3.8, 4) is 10.6 Å². The number of amides is 1. The summed E-state index contributed by atoms with van der Waals surface area (Å²) in [5, 5.41) is 7.84. The highest BCUT2D eigenvalue weighted by Gasteiger charge is 2.22. The molecule has 0 saturated heterocycles. The van der Waals surface area contributed by atoms with Crippen molar-refractivity contribution < 1.29 is 9.53 Å². The Hall–Kier alpha value is -2.85. The van der Waals surface area contributed by atoms with Gasteiger partial charge in [-0.1, -0.05) is 12.8 Å². The third-order valence-electron chi connectivity index (χ3n) is 5.18. The van der Waals surface area contributed by atoms with Crippen LogP contribution in [0.2, 0.25) is 0 Å². The van der Waals surface area contributed by atoms with Gasteiger partial charge in [0.25, 0.3) is 0 Å². The van der Waals surface area contributed by atoms with Gasteiger partial charge in [-0.15, -0.1) is 11.3 Å². The van der Waals surface area contributed by atoms with E-state index in [1.807, 2.05) is 45.0 Å². The summed E-state index contributed by atoms with van der Waals surface area (Å²) in [4.78, 5) is 28.5. The number of carbonyl (C=O) groups is 1. The molecule has 0 radical (unpaired) electrons. The molecule has 8 nitrogen and oxygen atoms in total. The van der Waals surface area contributed by atoms with Crippen LogP contribution in [-0.4, -0.2) is 44.8 Å². The number of nitrogens with one attached hydrogen (secondary N) is 2.